The van der Waals surface area contributed by atoms with Crippen molar-refractivity contribution in [2.45, 2.75) is 71.3 Å². The zero-order chi connectivity index (χ0) is 19.9. The molecule has 1 aromatic heterocycles. The molecule has 1 aliphatic carbocycles. The van der Waals surface area contributed by atoms with Crippen molar-refractivity contribution in [3.05, 3.63) is 15.6 Å². The lowest BCUT2D eigenvalue weighted by Gasteiger charge is -2.26. The number of likely N-dealkylation sites (tertiary alicyclic amines) is 1. The molecule has 1 aromatic rings. The minimum atomic E-state index is 0.264. The monoisotopic (exact) mass is 405 g/mol. The maximum absolute atomic E-state index is 12.7. The van der Waals surface area contributed by atoms with E-state index in [1.807, 2.05) is 0 Å². The zero-order valence-electron chi connectivity index (χ0n) is 17.6. The molecule has 2 fully saturated rings. The fourth-order valence-corrected chi connectivity index (χ4v) is 5.31. The van der Waals surface area contributed by atoms with Crippen molar-refractivity contribution in [2.75, 3.05) is 26.7 Å². The zero-order valence-corrected chi connectivity index (χ0v) is 18.4. The van der Waals surface area contributed by atoms with Gasteiger partial charge in [0.1, 0.15) is 0 Å². The van der Waals surface area contributed by atoms with Gasteiger partial charge in [-0.15, -0.1) is 11.3 Å². The minimum Gasteiger partial charge on any atom is -0.356 e. The van der Waals surface area contributed by atoms with Crippen LogP contribution in [0.4, 0.5) is 0 Å². The van der Waals surface area contributed by atoms with Crippen LogP contribution in [-0.4, -0.2) is 54.5 Å². The second kappa shape index (κ2) is 10.2. The number of carbonyl (C=O) groups excluding carboxylic acids is 1. The van der Waals surface area contributed by atoms with E-state index in [1.54, 1.807) is 18.4 Å². The van der Waals surface area contributed by atoms with E-state index in [2.05, 4.69) is 34.4 Å². The van der Waals surface area contributed by atoms with Crippen LogP contribution in [-0.2, 0) is 17.6 Å². The Labute approximate surface area is 173 Å². The Morgan fingerprint density at radius 2 is 2.07 bits per heavy atom. The maximum Gasteiger partial charge on any atom is 0.225 e. The van der Waals surface area contributed by atoms with Gasteiger partial charge in [-0.2, -0.15) is 0 Å². The number of aromatic nitrogens is 1. The van der Waals surface area contributed by atoms with Gasteiger partial charge in [0.15, 0.2) is 5.96 Å². The van der Waals surface area contributed by atoms with Gasteiger partial charge in [-0.25, -0.2) is 4.98 Å². The summed E-state index contributed by atoms with van der Waals surface area (Å²) in [4.78, 5) is 25.2. The number of guanidine groups is 1. The summed E-state index contributed by atoms with van der Waals surface area (Å²) in [6.45, 7) is 6.77. The lowest BCUT2D eigenvalue weighted by molar-refractivity contribution is -0.135. The molecular formula is C21H35N5OS. The second-order valence-corrected chi connectivity index (χ2v) is 9.25. The van der Waals surface area contributed by atoms with Crippen LogP contribution >= 0.6 is 11.3 Å². The molecule has 7 heteroatoms. The molecule has 1 saturated carbocycles. The molecule has 1 saturated heterocycles. The Hall–Kier alpha value is -1.63. The van der Waals surface area contributed by atoms with Crippen molar-refractivity contribution in [1.29, 1.82) is 0 Å². The second-order valence-electron chi connectivity index (χ2n) is 7.96. The van der Waals surface area contributed by atoms with E-state index in [0.29, 0.717) is 5.91 Å². The van der Waals surface area contributed by atoms with Crippen molar-refractivity contribution >= 4 is 23.2 Å². The van der Waals surface area contributed by atoms with Crippen LogP contribution in [0.25, 0.3) is 0 Å². The van der Waals surface area contributed by atoms with Crippen molar-refractivity contribution in [3.8, 4) is 0 Å². The normalized spacial score (nSPS) is 21.2. The minimum absolute atomic E-state index is 0.264. The SMILES string of the molecule is CCc1nc(CCNC(=NC)NC2CCN(C(=O)C3CCCCC3)C2)sc1C. The third-order valence-corrected chi connectivity index (χ3v) is 6.99. The van der Waals surface area contributed by atoms with Gasteiger partial charge in [-0.1, -0.05) is 26.2 Å². The van der Waals surface area contributed by atoms with E-state index >= 15 is 0 Å². The standard InChI is InChI=1S/C21H35N5OS/c1-4-18-15(2)28-19(25-18)10-12-23-21(22-3)24-17-11-13-26(14-17)20(27)16-8-6-5-7-9-16/h16-17H,4-14H2,1-3H3,(H2,22,23,24). The summed E-state index contributed by atoms with van der Waals surface area (Å²) in [5.41, 5.74) is 1.22. The predicted molar refractivity (Wildman–Crippen MR) is 116 cm³/mol. The van der Waals surface area contributed by atoms with Gasteiger partial charge in [0.05, 0.1) is 10.7 Å². The topological polar surface area (TPSA) is 69.6 Å². The summed E-state index contributed by atoms with van der Waals surface area (Å²) in [6, 6.07) is 0.285. The molecule has 0 aromatic carbocycles. The van der Waals surface area contributed by atoms with E-state index < -0.39 is 0 Å². The Kier molecular flexibility index (Phi) is 7.71. The van der Waals surface area contributed by atoms with Crippen molar-refractivity contribution in [1.82, 2.24) is 20.5 Å². The fraction of sp³-hybridized carbons (Fsp3) is 0.762. The highest BCUT2D eigenvalue weighted by Gasteiger charge is 2.31. The molecule has 156 valence electrons. The largest absolute Gasteiger partial charge is 0.356 e. The van der Waals surface area contributed by atoms with E-state index in [1.165, 1.54) is 34.8 Å². The average Bonchev–Trinajstić information content (AvgIpc) is 3.33. The Bertz CT molecular complexity index is 680. The first-order chi connectivity index (χ1) is 13.6. The van der Waals surface area contributed by atoms with E-state index in [4.69, 9.17) is 4.98 Å². The van der Waals surface area contributed by atoms with Crippen LogP contribution in [0.1, 0.15) is 61.0 Å². The summed E-state index contributed by atoms with van der Waals surface area (Å²) in [6.07, 6.45) is 8.75. The van der Waals surface area contributed by atoms with Crippen LogP contribution in [0.15, 0.2) is 4.99 Å². The molecule has 6 nitrogen and oxygen atoms in total. The van der Waals surface area contributed by atoms with Crippen LogP contribution < -0.4 is 10.6 Å². The number of hydrogen-bond donors (Lipinski definition) is 2. The number of thiazole rings is 1. The molecule has 1 atom stereocenters. The Morgan fingerprint density at radius 3 is 2.75 bits per heavy atom. The summed E-state index contributed by atoms with van der Waals surface area (Å²) in [5.74, 6) is 1.46. The summed E-state index contributed by atoms with van der Waals surface area (Å²) >= 11 is 1.79. The summed E-state index contributed by atoms with van der Waals surface area (Å²) < 4.78 is 0. The highest BCUT2D eigenvalue weighted by Crippen LogP contribution is 2.26. The number of aryl methyl sites for hydroxylation is 2. The molecule has 2 heterocycles. The maximum atomic E-state index is 12.7. The van der Waals surface area contributed by atoms with Crippen molar-refractivity contribution < 1.29 is 4.79 Å². The molecule has 1 unspecified atom stereocenters. The van der Waals surface area contributed by atoms with Crippen LogP contribution in [0.3, 0.4) is 0 Å². The predicted octanol–water partition coefficient (Wildman–Crippen LogP) is 2.90. The number of amides is 1. The quantitative estimate of drug-likeness (QED) is 0.564. The molecule has 0 spiro atoms. The summed E-state index contributed by atoms with van der Waals surface area (Å²) in [5, 5.41) is 8.08. The van der Waals surface area contributed by atoms with Gasteiger partial charge < -0.3 is 15.5 Å². The van der Waals surface area contributed by atoms with Gasteiger partial charge >= 0.3 is 0 Å². The molecule has 28 heavy (non-hydrogen) atoms. The van der Waals surface area contributed by atoms with E-state index in [-0.39, 0.29) is 12.0 Å². The lowest BCUT2D eigenvalue weighted by atomic mass is 9.88. The van der Waals surface area contributed by atoms with Crippen LogP contribution in [0, 0.1) is 12.8 Å². The molecule has 0 radical (unpaired) electrons. The molecule has 3 rings (SSSR count). The summed E-state index contributed by atoms with van der Waals surface area (Å²) in [7, 11) is 1.80. The number of hydrogen-bond acceptors (Lipinski definition) is 4. The van der Waals surface area contributed by atoms with Crippen LogP contribution in [0.5, 0.6) is 0 Å². The van der Waals surface area contributed by atoms with Crippen molar-refractivity contribution in [2.24, 2.45) is 10.9 Å². The van der Waals surface area contributed by atoms with Gasteiger partial charge in [-0.05, 0) is 32.6 Å². The average molecular weight is 406 g/mol. The highest BCUT2D eigenvalue weighted by molar-refractivity contribution is 7.11. The lowest BCUT2D eigenvalue weighted by Crippen LogP contribution is -2.46. The van der Waals surface area contributed by atoms with Gasteiger partial charge in [-0.3, -0.25) is 9.79 Å². The molecule has 2 aliphatic rings. The van der Waals surface area contributed by atoms with E-state index in [0.717, 1.165) is 57.7 Å². The first kappa shape index (κ1) is 21.1. The van der Waals surface area contributed by atoms with Gasteiger partial charge in [0, 0.05) is 49.9 Å². The van der Waals surface area contributed by atoms with Crippen molar-refractivity contribution in [3.63, 3.8) is 0 Å². The highest BCUT2D eigenvalue weighted by atomic mass is 32.1. The number of aliphatic imine (C=N–C) groups is 1. The Morgan fingerprint density at radius 1 is 1.29 bits per heavy atom. The molecular weight excluding hydrogens is 370 g/mol. The van der Waals surface area contributed by atoms with Gasteiger partial charge in [0.2, 0.25) is 5.91 Å². The third-order valence-electron chi connectivity index (χ3n) is 5.92. The van der Waals surface area contributed by atoms with Crippen LogP contribution in [0.2, 0.25) is 0 Å². The first-order valence-corrected chi connectivity index (χ1v) is 11.6. The Balaban J connectivity index is 1.41. The third kappa shape index (κ3) is 5.46. The molecule has 1 aliphatic heterocycles. The number of nitrogens with zero attached hydrogens (tertiary/aromatic N) is 3. The number of rotatable bonds is 6. The number of carbonyl (C=O) groups is 1. The van der Waals surface area contributed by atoms with E-state index in [9.17, 15) is 4.79 Å². The fourth-order valence-electron chi connectivity index (χ4n) is 4.28. The number of nitrogens with one attached hydrogen (secondary N) is 2. The molecule has 1 amide bonds. The molecule has 2 N–H and O–H groups in total. The molecule has 0 bridgehead atoms. The van der Waals surface area contributed by atoms with Gasteiger partial charge in [0.25, 0.3) is 0 Å². The first-order valence-electron chi connectivity index (χ1n) is 10.8. The smallest absolute Gasteiger partial charge is 0.225 e.